The molecule has 1 heterocycles. The van der Waals surface area contributed by atoms with Crippen molar-refractivity contribution in [2.24, 2.45) is 0 Å². The Bertz CT molecular complexity index is 553. The van der Waals surface area contributed by atoms with Gasteiger partial charge in [-0.15, -0.1) is 0 Å². The third-order valence-corrected chi connectivity index (χ3v) is 2.68. The number of nitrogens with zero attached hydrogens (tertiary/aromatic N) is 1. The molecule has 128 valence electrons. The summed E-state index contributed by atoms with van der Waals surface area (Å²) in [5.41, 5.74) is -0.388. The monoisotopic (exact) mass is 322 g/mol. The van der Waals surface area contributed by atoms with Crippen LogP contribution in [-0.2, 0) is 14.3 Å². The van der Waals surface area contributed by atoms with Crippen LogP contribution in [0.4, 0.5) is 10.6 Å². The second kappa shape index (κ2) is 6.98. The Morgan fingerprint density at radius 2 is 1.61 bits per heavy atom. The Balaban J connectivity index is 2.69. The van der Waals surface area contributed by atoms with Gasteiger partial charge in [0.1, 0.15) is 17.0 Å². The normalized spacial score (nSPS) is 13.2. The maximum absolute atomic E-state index is 12.0. The first-order valence-electron chi connectivity index (χ1n) is 7.56. The van der Waals surface area contributed by atoms with E-state index in [1.807, 2.05) is 20.8 Å². The molecule has 0 radical (unpaired) electrons. The average molecular weight is 322 g/mol. The first kappa shape index (κ1) is 18.9. The molecule has 1 atom stereocenters. The smallest absolute Gasteiger partial charge is 0.413 e. The van der Waals surface area contributed by atoms with Gasteiger partial charge in [-0.25, -0.2) is 9.78 Å². The highest BCUT2D eigenvalue weighted by atomic mass is 16.6. The van der Waals surface area contributed by atoms with Crippen LogP contribution >= 0.6 is 0 Å². The fourth-order valence-electron chi connectivity index (χ4n) is 1.67. The molecular formula is C17H26N2O4. The molecule has 0 aliphatic heterocycles. The minimum Gasteiger partial charge on any atom is -0.460 e. The first-order chi connectivity index (χ1) is 10.4. The van der Waals surface area contributed by atoms with Crippen LogP contribution in [0.5, 0.6) is 0 Å². The molecule has 0 aliphatic carbocycles. The standard InChI is InChI=1S/C17H26N2O4/c1-11(14(20)22-16(2,3)4)12-8-9-13(18-10-12)19-15(21)23-17(5,6)7/h8-11H,1-7H3,(H,18,19,21). The lowest BCUT2D eigenvalue weighted by Gasteiger charge is -2.22. The van der Waals surface area contributed by atoms with Crippen LogP contribution in [0.3, 0.4) is 0 Å². The molecule has 0 bridgehead atoms. The molecule has 6 heteroatoms. The molecule has 1 amide bonds. The molecule has 6 nitrogen and oxygen atoms in total. The number of hydrogen-bond donors (Lipinski definition) is 1. The Hall–Kier alpha value is -2.11. The predicted octanol–water partition coefficient (Wildman–Crippen LogP) is 3.87. The molecule has 1 unspecified atom stereocenters. The van der Waals surface area contributed by atoms with E-state index in [1.165, 1.54) is 0 Å². The van der Waals surface area contributed by atoms with Crippen molar-refractivity contribution in [1.29, 1.82) is 0 Å². The minimum absolute atomic E-state index is 0.313. The number of ether oxygens (including phenoxy) is 2. The molecule has 23 heavy (non-hydrogen) atoms. The Labute approximate surface area is 137 Å². The Morgan fingerprint density at radius 3 is 2.04 bits per heavy atom. The van der Waals surface area contributed by atoms with E-state index in [0.29, 0.717) is 11.4 Å². The number of rotatable bonds is 3. The number of aromatic nitrogens is 1. The topological polar surface area (TPSA) is 77.5 Å². The summed E-state index contributed by atoms with van der Waals surface area (Å²) in [5, 5.41) is 2.54. The van der Waals surface area contributed by atoms with Gasteiger partial charge in [0, 0.05) is 6.20 Å². The van der Waals surface area contributed by atoms with Crippen molar-refractivity contribution in [2.75, 3.05) is 5.32 Å². The van der Waals surface area contributed by atoms with Crippen LogP contribution in [0.1, 0.15) is 59.9 Å². The van der Waals surface area contributed by atoms with E-state index in [-0.39, 0.29) is 5.97 Å². The lowest BCUT2D eigenvalue weighted by atomic mass is 10.0. The van der Waals surface area contributed by atoms with Crippen LogP contribution in [-0.4, -0.2) is 28.2 Å². The quantitative estimate of drug-likeness (QED) is 0.855. The molecular weight excluding hydrogens is 296 g/mol. The third-order valence-electron chi connectivity index (χ3n) is 2.68. The highest BCUT2D eigenvalue weighted by Crippen LogP contribution is 2.20. The molecule has 0 saturated carbocycles. The number of anilines is 1. The highest BCUT2D eigenvalue weighted by molar-refractivity contribution is 5.83. The summed E-state index contributed by atoms with van der Waals surface area (Å²) in [6.45, 7) is 12.6. The number of carbonyl (C=O) groups is 2. The van der Waals surface area contributed by atoms with E-state index in [1.54, 1.807) is 46.0 Å². The molecule has 0 aliphatic rings. The zero-order valence-electron chi connectivity index (χ0n) is 14.9. The number of hydrogen-bond acceptors (Lipinski definition) is 5. The van der Waals surface area contributed by atoms with Gasteiger partial charge in [0.25, 0.3) is 0 Å². The SMILES string of the molecule is CC(C(=O)OC(C)(C)C)c1ccc(NC(=O)OC(C)(C)C)nc1. The van der Waals surface area contributed by atoms with Crippen LogP contribution in [0.15, 0.2) is 18.3 Å². The Morgan fingerprint density at radius 1 is 1.04 bits per heavy atom. The summed E-state index contributed by atoms with van der Waals surface area (Å²) >= 11 is 0. The average Bonchev–Trinajstić information content (AvgIpc) is 2.34. The van der Waals surface area contributed by atoms with Crippen molar-refractivity contribution in [3.63, 3.8) is 0 Å². The number of amides is 1. The molecule has 1 N–H and O–H groups in total. The third kappa shape index (κ3) is 7.13. The van der Waals surface area contributed by atoms with Crippen molar-refractivity contribution in [3.8, 4) is 0 Å². The van der Waals surface area contributed by atoms with Crippen molar-refractivity contribution in [3.05, 3.63) is 23.9 Å². The second-order valence-electron chi connectivity index (χ2n) is 7.36. The molecule has 1 aromatic heterocycles. The maximum atomic E-state index is 12.0. The summed E-state index contributed by atoms with van der Waals surface area (Å²) in [4.78, 5) is 27.8. The van der Waals surface area contributed by atoms with E-state index in [2.05, 4.69) is 10.3 Å². The van der Waals surface area contributed by atoms with Crippen LogP contribution < -0.4 is 5.32 Å². The van der Waals surface area contributed by atoms with Crippen LogP contribution in [0, 0.1) is 0 Å². The van der Waals surface area contributed by atoms with Crippen LogP contribution in [0.2, 0.25) is 0 Å². The number of carbonyl (C=O) groups excluding carboxylic acids is 2. The lowest BCUT2D eigenvalue weighted by Crippen LogP contribution is -2.27. The molecule has 0 saturated heterocycles. The largest absolute Gasteiger partial charge is 0.460 e. The first-order valence-corrected chi connectivity index (χ1v) is 7.56. The summed E-state index contributed by atoms with van der Waals surface area (Å²) in [7, 11) is 0. The summed E-state index contributed by atoms with van der Waals surface area (Å²) in [6.07, 6.45) is 0.972. The molecule has 1 aromatic rings. The maximum Gasteiger partial charge on any atom is 0.413 e. The highest BCUT2D eigenvalue weighted by Gasteiger charge is 2.23. The number of esters is 1. The van der Waals surface area contributed by atoms with Crippen molar-refractivity contribution >= 4 is 17.9 Å². The van der Waals surface area contributed by atoms with Gasteiger partial charge in [-0.2, -0.15) is 0 Å². The second-order valence-corrected chi connectivity index (χ2v) is 7.36. The van der Waals surface area contributed by atoms with Crippen molar-refractivity contribution in [2.45, 2.75) is 65.6 Å². The van der Waals surface area contributed by atoms with E-state index < -0.39 is 23.2 Å². The van der Waals surface area contributed by atoms with E-state index in [0.717, 1.165) is 0 Å². The Kier molecular flexibility index (Phi) is 5.75. The fourth-order valence-corrected chi connectivity index (χ4v) is 1.67. The molecule has 0 aromatic carbocycles. The van der Waals surface area contributed by atoms with Crippen LogP contribution in [0.25, 0.3) is 0 Å². The fraction of sp³-hybridized carbons (Fsp3) is 0.588. The lowest BCUT2D eigenvalue weighted by molar-refractivity contribution is -0.156. The number of nitrogens with one attached hydrogen (secondary N) is 1. The van der Waals surface area contributed by atoms with E-state index >= 15 is 0 Å². The van der Waals surface area contributed by atoms with E-state index in [4.69, 9.17) is 9.47 Å². The molecule has 0 fully saturated rings. The van der Waals surface area contributed by atoms with Gasteiger partial charge < -0.3 is 9.47 Å². The van der Waals surface area contributed by atoms with Gasteiger partial charge in [-0.3, -0.25) is 10.1 Å². The molecule has 0 spiro atoms. The number of pyridine rings is 1. The van der Waals surface area contributed by atoms with E-state index in [9.17, 15) is 9.59 Å². The minimum atomic E-state index is -0.574. The van der Waals surface area contributed by atoms with Gasteiger partial charge in [0.2, 0.25) is 0 Å². The van der Waals surface area contributed by atoms with Gasteiger partial charge in [0.05, 0.1) is 5.92 Å². The van der Waals surface area contributed by atoms with Gasteiger partial charge in [-0.1, -0.05) is 6.07 Å². The summed E-state index contributed by atoms with van der Waals surface area (Å²) < 4.78 is 10.5. The van der Waals surface area contributed by atoms with Gasteiger partial charge in [-0.05, 0) is 60.1 Å². The van der Waals surface area contributed by atoms with Crippen molar-refractivity contribution in [1.82, 2.24) is 4.98 Å². The zero-order chi connectivity index (χ0) is 17.8. The van der Waals surface area contributed by atoms with Gasteiger partial charge >= 0.3 is 12.1 Å². The summed E-state index contributed by atoms with van der Waals surface area (Å²) in [6, 6.07) is 3.36. The predicted molar refractivity (Wildman–Crippen MR) is 88.4 cm³/mol. The molecule has 1 rings (SSSR count). The summed E-state index contributed by atoms with van der Waals surface area (Å²) in [5.74, 6) is -0.385. The van der Waals surface area contributed by atoms with Gasteiger partial charge in [0.15, 0.2) is 0 Å². The zero-order valence-corrected chi connectivity index (χ0v) is 14.9. The van der Waals surface area contributed by atoms with Crippen molar-refractivity contribution < 1.29 is 19.1 Å².